The van der Waals surface area contributed by atoms with Crippen LogP contribution in [0.1, 0.15) is 71.8 Å². The number of oxime groups is 1. The van der Waals surface area contributed by atoms with Gasteiger partial charge >= 0.3 is 0 Å². The number of carbonyl (C=O) groups is 3. The first-order valence-corrected chi connectivity index (χ1v) is 15.2. The van der Waals surface area contributed by atoms with E-state index in [0.717, 1.165) is 43.6 Å². The summed E-state index contributed by atoms with van der Waals surface area (Å²) in [5, 5.41) is 10.8. The molecule has 1 spiro atoms. The topological polar surface area (TPSA) is 129 Å². The normalized spacial score (nSPS) is 26.2. The molecule has 0 radical (unpaired) electrons. The third-order valence-electron chi connectivity index (χ3n) is 8.80. The molecule has 3 fully saturated rings. The Morgan fingerprint density at radius 1 is 1.17 bits per heavy atom. The lowest BCUT2D eigenvalue weighted by Crippen LogP contribution is -2.57. The lowest BCUT2D eigenvalue weighted by atomic mass is 9.86. The smallest absolute Gasteiger partial charge is 0.243 e. The highest BCUT2D eigenvalue weighted by Gasteiger charge is 2.55. The number of benzene rings is 1. The van der Waals surface area contributed by atoms with Crippen molar-refractivity contribution in [2.45, 2.75) is 96.0 Å². The Morgan fingerprint density at radius 3 is 2.49 bits per heavy atom. The van der Waals surface area contributed by atoms with Crippen LogP contribution in [0.3, 0.4) is 0 Å². The van der Waals surface area contributed by atoms with E-state index in [2.05, 4.69) is 27.6 Å². The van der Waals surface area contributed by atoms with Gasteiger partial charge in [0, 0.05) is 44.6 Å². The van der Waals surface area contributed by atoms with Crippen LogP contribution in [-0.2, 0) is 19.2 Å². The monoisotopic (exact) mass is 566 g/mol. The number of nitrogens with two attached hydrogens (primary N) is 1. The maximum Gasteiger partial charge on any atom is 0.243 e. The van der Waals surface area contributed by atoms with Gasteiger partial charge in [0.15, 0.2) is 5.60 Å². The molecule has 2 saturated heterocycles. The number of carbonyl (C=O) groups excluding carboxylic acids is 3. The van der Waals surface area contributed by atoms with Gasteiger partial charge in [0.2, 0.25) is 17.7 Å². The van der Waals surface area contributed by atoms with E-state index in [1.165, 1.54) is 0 Å². The molecular weight excluding hydrogens is 520 g/mol. The zero-order valence-electron chi connectivity index (χ0n) is 24.9. The molecule has 1 aliphatic carbocycles. The molecule has 3 aliphatic heterocycles. The SMILES string of the molecule is CCC[C@H](NC(=O)C1C[C@]2(CC(c3ccccc3)=NO2)CN1C(=O)C(N)C(C)(C)C)C(CN1CC1)C(=O)NC1CC1. The molecule has 0 bridgehead atoms. The highest BCUT2D eigenvalue weighted by molar-refractivity contribution is 6.02. The number of rotatable bonds is 11. The van der Waals surface area contributed by atoms with Gasteiger partial charge in [0.1, 0.15) is 6.04 Å². The van der Waals surface area contributed by atoms with Crippen molar-refractivity contribution in [3.8, 4) is 0 Å². The maximum atomic E-state index is 14.1. The molecule has 1 aromatic carbocycles. The summed E-state index contributed by atoms with van der Waals surface area (Å²) >= 11 is 0. The van der Waals surface area contributed by atoms with E-state index >= 15 is 0 Å². The number of nitrogens with one attached hydrogen (secondary N) is 2. The van der Waals surface area contributed by atoms with E-state index in [4.69, 9.17) is 10.6 Å². The van der Waals surface area contributed by atoms with Gasteiger partial charge in [-0.1, -0.05) is 69.6 Å². The second-order valence-corrected chi connectivity index (χ2v) is 13.5. The average molecular weight is 567 g/mol. The van der Waals surface area contributed by atoms with Crippen molar-refractivity contribution in [2.75, 3.05) is 26.2 Å². The predicted octanol–water partition coefficient (Wildman–Crippen LogP) is 2.02. The minimum absolute atomic E-state index is 0.00348. The number of likely N-dealkylation sites (tertiary alicyclic amines) is 1. The summed E-state index contributed by atoms with van der Waals surface area (Å²) < 4.78 is 0. The van der Waals surface area contributed by atoms with Gasteiger partial charge in [0.05, 0.1) is 24.2 Å². The van der Waals surface area contributed by atoms with Crippen LogP contribution < -0.4 is 16.4 Å². The van der Waals surface area contributed by atoms with Crippen LogP contribution in [-0.4, -0.2) is 89.2 Å². The van der Waals surface area contributed by atoms with Crippen molar-refractivity contribution in [3.63, 3.8) is 0 Å². The van der Waals surface area contributed by atoms with Gasteiger partial charge in [-0.25, -0.2) is 0 Å². The van der Waals surface area contributed by atoms with E-state index in [9.17, 15) is 14.4 Å². The van der Waals surface area contributed by atoms with E-state index in [1.54, 1.807) is 4.90 Å². The molecule has 3 heterocycles. The second kappa shape index (κ2) is 11.7. The molecule has 4 aliphatic rings. The van der Waals surface area contributed by atoms with Crippen LogP contribution in [0.5, 0.6) is 0 Å². The van der Waals surface area contributed by atoms with Gasteiger partial charge in [-0.15, -0.1) is 0 Å². The van der Waals surface area contributed by atoms with E-state index in [-0.39, 0.29) is 42.3 Å². The van der Waals surface area contributed by atoms with Crippen LogP contribution in [0.4, 0.5) is 0 Å². The van der Waals surface area contributed by atoms with Crippen LogP contribution in [0.15, 0.2) is 35.5 Å². The molecule has 1 aromatic rings. The van der Waals surface area contributed by atoms with Crippen molar-refractivity contribution in [1.29, 1.82) is 0 Å². The number of amides is 3. The fourth-order valence-corrected chi connectivity index (χ4v) is 5.89. The van der Waals surface area contributed by atoms with Gasteiger partial charge in [0.25, 0.3) is 0 Å². The fraction of sp³-hybridized carbons (Fsp3) is 0.677. The van der Waals surface area contributed by atoms with E-state index in [1.807, 2.05) is 51.1 Å². The predicted molar refractivity (Wildman–Crippen MR) is 157 cm³/mol. The molecular formula is C31H46N6O4. The molecule has 224 valence electrons. The number of nitrogens with zero attached hydrogens (tertiary/aromatic N) is 3. The first-order valence-electron chi connectivity index (χ1n) is 15.2. The van der Waals surface area contributed by atoms with E-state index < -0.39 is 23.1 Å². The molecule has 10 nitrogen and oxygen atoms in total. The summed E-state index contributed by atoms with van der Waals surface area (Å²) in [6.07, 6.45) is 4.32. The molecule has 5 atom stereocenters. The Bertz CT molecular complexity index is 1160. The second-order valence-electron chi connectivity index (χ2n) is 13.5. The zero-order chi connectivity index (χ0) is 29.4. The molecule has 5 rings (SSSR count). The molecule has 41 heavy (non-hydrogen) atoms. The Kier molecular flexibility index (Phi) is 8.43. The molecule has 3 amide bonds. The van der Waals surface area contributed by atoms with Crippen LogP contribution in [0.25, 0.3) is 0 Å². The minimum Gasteiger partial charge on any atom is -0.387 e. The summed E-state index contributed by atoms with van der Waals surface area (Å²) in [6, 6.07) is 8.18. The van der Waals surface area contributed by atoms with Gasteiger partial charge in [-0.2, -0.15) is 0 Å². The first-order chi connectivity index (χ1) is 19.5. The van der Waals surface area contributed by atoms with Crippen LogP contribution >= 0.6 is 0 Å². The van der Waals surface area contributed by atoms with Crippen molar-refractivity contribution in [1.82, 2.24) is 20.4 Å². The van der Waals surface area contributed by atoms with Crippen LogP contribution in [0, 0.1) is 11.3 Å². The van der Waals surface area contributed by atoms with Gasteiger partial charge < -0.3 is 26.1 Å². The zero-order valence-corrected chi connectivity index (χ0v) is 24.9. The fourth-order valence-electron chi connectivity index (χ4n) is 5.89. The Labute approximate surface area is 243 Å². The largest absolute Gasteiger partial charge is 0.387 e. The summed E-state index contributed by atoms with van der Waals surface area (Å²) in [7, 11) is 0. The van der Waals surface area contributed by atoms with Gasteiger partial charge in [-0.3, -0.25) is 19.3 Å². The maximum absolute atomic E-state index is 14.1. The quantitative estimate of drug-likeness (QED) is 0.352. The first kappa shape index (κ1) is 29.5. The van der Waals surface area contributed by atoms with Crippen molar-refractivity contribution in [2.24, 2.45) is 22.2 Å². The van der Waals surface area contributed by atoms with Crippen molar-refractivity contribution in [3.05, 3.63) is 35.9 Å². The Hall–Kier alpha value is -2.98. The minimum atomic E-state index is -0.802. The van der Waals surface area contributed by atoms with Crippen LogP contribution in [0.2, 0.25) is 0 Å². The highest BCUT2D eigenvalue weighted by atomic mass is 16.7. The number of hydrogen-bond acceptors (Lipinski definition) is 7. The lowest BCUT2D eigenvalue weighted by molar-refractivity contribution is -0.142. The lowest BCUT2D eigenvalue weighted by Gasteiger charge is -2.34. The molecule has 10 heteroatoms. The standard InChI is InChI=1S/C31H46N6O4/c1-5-9-23(22(18-36-14-15-36)27(38)33-21-12-13-21)34-28(39)25-17-31(19-37(25)29(40)26(32)30(2,3)4)16-24(35-41-31)20-10-7-6-8-11-20/h6-8,10-11,21-23,25-26H,5,9,12-19,32H2,1-4H3,(H,33,38)(H,34,39)/t22?,23-,25?,26?,31+/m0/s1. The summed E-state index contributed by atoms with van der Waals surface area (Å²) in [5.74, 6) is -0.884. The van der Waals surface area contributed by atoms with Gasteiger partial charge in [-0.05, 0) is 30.2 Å². The highest BCUT2D eigenvalue weighted by Crippen LogP contribution is 2.40. The molecule has 1 saturated carbocycles. The summed E-state index contributed by atoms with van der Waals surface area (Å²) in [5.41, 5.74) is 6.93. The molecule has 0 aromatic heterocycles. The Morgan fingerprint density at radius 2 is 1.88 bits per heavy atom. The number of hydrogen-bond donors (Lipinski definition) is 3. The molecule has 4 N–H and O–H groups in total. The molecule has 3 unspecified atom stereocenters. The summed E-state index contributed by atoms with van der Waals surface area (Å²) in [6.45, 7) is 10.6. The Balaban J connectivity index is 1.36. The third kappa shape index (κ3) is 6.92. The third-order valence-corrected chi connectivity index (χ3v) is 8.80. The van der Waals surface area contributed by atoms with E-state index in [0.29, 0.717) is 25.8 Å². The summed E-state index contributed by atoms with van der Waals surface area (Å²) in [4.78, 5) is 51.1. The van der Waals surface area contributed by atoms with Crippen molar-refractivity contribution >= 4 is 23.4 Å². The average Bonchev–Trinajstić information content (AvgIpc) is 3.87. The van der Waals surface area contributed by atoms with Crippen molar-refractivity contribution < 1.29 is 19.2 Å².